The zero-order valence-corrected chi connectivity index (χ0v) is 20.5. The number of rotatable bonds is 9. The monoisotopic (exact) mass is 493 g/mol. The molecule has 2 aromatic rings. The van der Waals surface area contributed by atoms with Gasteiger partial charge in [-0.3, -0.25) is 4.79 Å². The Kier molecular flexibility index (Phi) is 8.09. The van der Waals surface area contributed by atoms with E-state index in [1.807, 2.05) is 6.92 Å². The van der Waals surface area contributed by atoms with Gasteiger partial charge in [-0.05, 0) is 42.7 Å². The lowest BCUT2D eigenvalue weighted by Crippen LogP contribution is -2.40. The fourth-order valence-corrected chi connectivity index (χ4v) is 8.11. The summed E-state index contributed by atoms with van der Waals surface area (Å²) in [6, 6.07) is 12.3. The number of aliphatic carboxylic acids is 1. The first-order chi connectivity index (χ1) is 15.2. The first-order valence-corrected chi connectivity index (χ1v) is 13.4. The highest BCUT2D eigenvalue weighted by molar-refractivity contribution is 8.00. The van der Waals surface area contributed by atoms with Gasteiger partial charge in [0, 0.05) is 22.1 Å². The molecule has 0 saturated carbocycles. The van der Waals surface area contributed by atoms with Crippen LogP contribution in [0.4, 0.5) is 0 Å². The number of carbonyl (C=O) groups is 1. The molecular weight excluding hydrogens is 466 g/mol. The van der Waals surface area contributed by atoms with Crippen LogP contribution in [0.3, 0.4) is 0 Å². The predicted octanol–water partition coefficient (Wildman–Crippen LogP) is 5.55. The number of nitrogens with zero attached hydrogens (tertiary/aromatic N) is 1. The van der Waals surface area contributed by atoms with Crippen LogP contribution in [0.5, 0.6) is 0 Å². The second kappa shape index (κ2) is 10.4. The third-order valence-corrected chi connectivity index (χ3v) is 9.55. The summed E-state index contributed by atoms with van der Waals surface area (Å²) < 4.78 is 29.6. The van der Waals surface area contributed by atoms with Crippen LogP contribution in [0.1, 0.15) is 36.9 Å². The summed E-state index contributed by atoms with van der Waals surface area (Å²) in [5, 5.41) is 10.4. The number of hydrogen-bond donors (Lipinski definition) is 1. The number of halogens is 1. The summed E-state index contributed by atoms with van der Waals surface area (Å²) in [4.78, 5) is 12.8. The second-order valence-corrected chi connectivity index (χ2v) is 11.4. The van der Waals surface area contributed by atoms with E-state index >= 15 is 0 Å². The Labute approximate surface area is 199 Å². The highest BCUT2D eigenvalue weighted by Crippen LogP contribution is 2.50. The molecule has 1 aliphatic heterocycles. The van der Waals surface area contributed by atoms with E-state index in [1.54, 1.807) is 61.5 Å². The summed E-state index contributed by atoms with van der Waals surface area (Å²) in [6.07, 6.45) is 3.02. The van der Waals surface area contributed by atoms with Crippen LogP contribution in [0, 0.1) is 12.8 Å². The van der Waals surface area contributed by atoms with Crippen LogP contribution < -0.4 is 0 Å². The maximum absolute atomic E-state index is 14.1. The van der Waals surface area contributed by atoms with Gasteiger partial charge in [-0.25, -0.2) is 8.42 Å². The normalized spacial score (nSPS) is 23.8. The maximum Gasteiger partial charge on any atom is 0.309 e. The molecule has 5 nitrogen and oxygen atoms in total. The van der Waals surface area contributed by atoms with Gasteiger partial charge in [0.25, 0.3) is 0 Å². The predicted molar refractivity (Wildman–Crippen MR) is 131 cm³/mol. The Morgan fingerprint density at radius 3 is 2.44 bits per heavy atom. The van der Waals surface area contributed by atoms with E-state index in [0.29, 0.717) is 28.3 Å². The molecule has 3 rings (SSSR count). The molecule has 1 aliphatic rings. The minimum Gasteiger partial charge on any atom is -0.481 e. The molecule has 0 spiro atoms. The van der Waals surface area contributed by atoms with Gasteiger partial charge >= 0.3 is 5.97 Å². The summed E-state index contributed by atoms with van der Waals surface area (Å²) in [7, 11) is -3.97. The Bertz CT molecular complexity index is 1070. The largest absolute Gasteiger partial charge is 0.481 e. The van der Waals surface area contributed by atoms with Crippen molar-refractivity contribution in [2.45, 2.75) is 48.9 Å². The van der Waals surface area contributed by atoms with Gasteiger partial charge in [0.2, 0.25) is 10.0 Å². The average Bonchev–Trinajstić information content (AvgIpc) is 3.08. The molecule has 32 heavy (non-hydrogen) atoms. The van der Waals surface area contributed by atoms with Gasteiger partial charge in [0.15, 0.2) is 0 Å². The molecule has 0 amide bonds. The topological polar surface area (TPSA) is 74.7 Å². The summed E-state index contributed by atoms with van der Waals surface area (Å²) >= 11 is 7.53. The van der Waals surface area contributed by atoms with E-state index in [2.05, 4.69) is 6.58 Å². The lowest BCUT2D eigenvalue weighted by molar-refractivity contribution is -0.142. The lowest BCUT2D eigenvalue weighted by Gasteiger charge is -2.31. The Morgan fingerprint density at radius 2 is 1.88 bits per heavy atom. The number of aryl methyl sites for hydroxylation is 1. The van der Waals surface area contributed by atoms with E-state index in [0.717, 1.165) is 6.42 Å². The molecule has 172 valence electrons. The van der Waals surface area contributed by atoms with Crippen molar-refractivity contribution in [2.24, 2.45) is 5.92 Å². The second-order valence-electron chi connectivity index (χ2n) is 7.90. The third kappa shape index (κ3) is 4.76. The van der Waals surface area contributed by atoms with Gasteiger partial charge in [0.05, 0.1) is 16.9 Å². The number of thioether (sulfide) groups is 1. The van der Waals surface area contributed by atoms with Crippen molar-refractivity contribution in [3.63, 3.8) is 0 Å². The van der Waals surface area contributed by atoms with Gasteiger partial charge in [-0.1, -0.05) is 61.4 Å². The van der Waals surface area contributed by atoms with E-state index in [9.17, 15) is 18.3 Å². The molecule has 1 N–H and O–H groups in total. The number of sulfonamides is 1. The first kappa shape index (κ1) is 24.8. The van der Waals surface area contributed by atoms with Crippen molar-refractivity contribution in [1.29, 1.82) is 0 Å². The minimum atomic E-state index is -3.97. The molecule has 0 aromatic heterocycles. The van der Waals surface area contributed by atoms with E-state index < -0.39 is 39.2 Å². The minimum absolute atomic E-state index is 0.207. The van der Waals surface area contributed by atoms with Crippen LogP contribution >= 0.6 is 23.4 Å². The van der Waals surface area contributed by atoms with E-state index in [1.165, 1.54) is 16.1 Å². The maximum atomic E-state index is 14.1. The number of hydrogen-bond acceptors (Lipinski definition) is 4. The smallest absolute Gasteiger partial charge is 0.309 e. The standard InChI is InChI=1S/C24H28ClNO4S2/c1-4-8-19-23(31-15-5-2)21(24(27)28)22(17-11-13-18(25)14-12-17)26(19)32(29,30)20-10-7-6-9-16(20)3/h5-7,9-14,19,21-23H,2,4,8,15H2,1,3H3,(H,27,28)/t19-,21+,22+,23-/m1/s1. The average molecular weight is 494 g/mol. The van der Waals surface area contributed by atoms with Crippen LogP contribution in [-0.2, 0) is 14.8 Å². The quantitative estimate of drug-likeness (QED) is 0.463. The number of benzene rings is 2. The van der Waals surface area contributed by atoms with E-state index in [4.69, 9.17) is 11.6 Å². The molecule has 1 saturated heterocycles. The fourth-order valence-electron chi connectivity index (χ4n) is 4.49. The molecule has 1 heterocycles. The van der Waals surface area contributed by atoms with Crippen molar-refractivity contribution in [2.75, 3.05) is 5.75 Å². The molecule has 0 unspecified atom stereocenters. The molecule has 0 bridgehead atoms. The molecule has 2 aromatic carbocycles. The summed E-state index contributed by atoms with van der Waals surface area (Å²) in [5.41, 5.74) is 1.26. The molecule has 8 heteroatoms. The van der Waals surface area contributed by atoms with Crippen LogP contribution in [-0.4, -0.2) is 40.8 Å². The van der Waals surface area contributed by atoms with Crippen LogP contribution in [0.15, 0.2) is 66.1 Å². The highest BCUT2D eigenvalue weighted by atomic mass is 35.5. The fraction of sp³-hybridized carbons (Fsp3) is 0.375. The molecule has 0 radical (unpaired) electrons. The SMILES string of the molecule is C=CCS[C@H]1[C@@H](C(=O)O)[C@H](c2ccc(Cl)cc2)N(S(=O)(=O)c2ccccc2C)[C@@H]1CCC. The Hall–Kier alpha value is -1.80. The molecule has 1 fully saturated rings. The highest BCUT2D eigenvalue weighted by Gasteiger charge is 2.57. The zero-order chi connectivity index (χ0) is 23.5. The number of carboxylic acid groups (broad SMARTS) is 1. The van der Waals surface area contributed by atoms with Crippen molar-refractivity contribution >= 4 is 39.4 Å². The zero-order valence-electron chi connectivity index (χ0n) is 18.1. The molecule has 4 atom stereocenters. The lowest BCUT2D eigenvalue weighted by atomic mass is 9.92. The van der Waals surface area contributed by atoms with Crippen molar-refractivity contribution in [3.8, 4) is 0 Å². The van der Waals surface area contributed by atoms with Crippen LogP contribution in [0.25, 0.3) is 0 Å². The first-order valence-electron chi connectivity index (χ1n) is 10.5. The Morgan fingerprint density at radius 1 is 1.22 bits per heavy atom. The van der Waals surface area contributed by atoms with Gasteiger partial charge in [-0.2, -0.15) is 16.1 Å². The summed E-state index contributed by atoms with van der Waals surface area (Å²) in [6.45, 7) is 7.50. The van der Waals surface area contributed by atoms with Gasteiger partial charge in [-0.15, -0.1) is 6.58 Å². The Balaban J connectivity index is 2.26. The van der Waals surface area contributed by atoms with E-state index in [-0.39, 0.29) is 4.90 Å². The van der Waals surface area contributed by atoms with Crippen molar-refractivity contribution in [3.05, 3.63) is 77.3 Å². The summed E-state index contributed by atoms with van der Waals surface area (Å²) in [5.74, 6) is -1.37. The third-order valence-electron chi connectivity index (χ3n) is 5.81. The number of carboxylic acids is 1. The molecule has 0 aliphatic carbocycles. The van der Waals surface area contributed by atoms with Gasteiger partial charge in [0.1, 0.15) is 0 Å². The molecular formula is C24H28ClNO4S2. The van der Waals surface area contributed by atoms with Crippen molar-refractivity contribution < 1.29 is 18.3 Å². The van der Waals surface area contributed by atoms with Crippen molar-refractivity contribution in [1.82, 2.24) is 4.31 Å². The van der Waals surface area contributed by atoms with Gasteiger partial charge < -0.3 is 5.11 Å². The van der Waals surface area contributed by atoms with Crippen LogP contribution in [0.2, 0.25) is 5.02 Å².